The number of carbonyl (C=O) groups is 2. The minimum atomic E-state index is -0.437. The fourth-order valence-electron chi connectivity index (χ4n) is 2.50. The lowest BCUT2D eigenvalue weighted by Crippen LogP contribution is -2.50. The smallest absolute Gasteiger partial charge is 0.229 e. The number of anilines is 1. The van der Waals surface area contributed by atoms with Crippen LogP contribution >= 0.6 is 0 Å². The van der Waals surface area contributed by atoms with Crippen LogP contribution in [0.2, 0.25) is 0 Å². The van der Waals surface area contributed by atoms with E-state index < -0.39 is 5.60 Å². The molecule has 0 bridgehead atoms. The molecule has 1 aliphatic heterocycles. The van der Waals surface area contributed by atoms with Crippen LogP contribution in [0.5, 0.6) is 5.75 Å². The lowest BCUT2D eigenvalue weighted by atomic mass is 10.0. The van der Waals surface area contributed by atoms with Crippen molar-refractivity contribution in [2.24, 2.45) is 5.92 Å². The van der Waals surface area contributed by atoms with Crippen LogP contribution in [0.15, 0.2) is 18.2 Å². The van der Waals surface area contributed by atoms with E-state index in [0.717, 1.165) is 0 Å². The number of carbonyl (C=O) groups excluding carboxylic acids is 2. The van der Waals surface area contributed by atoms with Crippen molar-refractivity contribution in [1.29, 1.82) is 0 Å². The summed E-state index contributed by atoms with van der Waals surface area (Å²) in [6.45, 7) is 10.00. The first-order valence-corrected chi connectivity index (χ1v) is 7.43. The molecular weight excluding hydrogens is 266 g/mol. The number of benzene rings is 1. The summed E-state index contributed by atoms with van der Waals surface area (Å²) in [5.41, 5.74) is 0.891. The quantitative estimate of drug-likeness (QED) is 0.801. The maximum absolute atomic E-state index is 12.5. The topological polar surface area (TPSA) is 46.6 Å². The van der Waals surface area contributed by atoms with Crippen molar-refractivity contribution in [3.63, 3.8) is 0 Å². The SMILES string of the molecule is CCC(=O)c1ccc2c(c1)N(C(=O)C(C)C)CC(C)(C)O2. The molecule has 0 aromatic heterocycles. The summed E-state index contributed by atoms with van der Waals surface area (Å²) < 4.78 is 5.94. The van der Waals surface area contributed by atoms with Gasteiger partial charge in [-0.1, -0.05) is 20.8 Å². The van der Waals surface area contributed by atoms with Gasteiger partial charge in [-0.3, -0.25) is 9.59 Å². The Morgan fingerprint density at radius 2 is 2.00 bits per heavy atom. The summed E-state index contributed by atoms with van der Waals surface area (Å²) in [4.78, 5) is 26.1. The molecule has 114 valence electrons. The number of rotatable bonds is 3. The maximum Gasteiger partial charge on any atom is 0.229 e. The Morgan fingerprint density at radius 1 is 1.33 bits per heavy atom. The molecule has 1 amide bonds. The molecule has 1 aromatic carbocycles. The van der Waals surface area contributed by atoms with Crippen molar-refractivity contribution in [3.8, 4) is 5.75 Å². The lowest BCUT2D eigenvalue weighted by molar-refractivity contribution is -0.122. The highest BCUT2D eigenvalue weighted by Crippen LogP contribution is 2.38. The van der Waals surface area contributed by atoms with E-state index in [9.17, 15) is 9.59 Å². The van der Waals surface area contributed by atoms with E-state index in [4.69, 9.17) is 4.74 Å². The lowest BCUT2D eigenvalue weighted by Gasteiger charge is -2.40. The van der Waals surface area contributed by atoms with Gasteiger partial charge in [-0.25, -0.2) is 0 Å². The monoisotopic (exact) mass is 289 g/mol. The molecule has 0 aliphatic carbocycles. The van der Waals surface area contributed by atoms with Crippen molar-refractivity contribution < 1.29 is 14.3 Å². The predicted octanol–water partition coefficient (Wildman–Crippen LogP) is 3.44. The van der Waals surface area contributed by atoms with Gasteiger partial charge in [-0.2, -0.15) is 0 Å². The minimum Gasteiger partial charge on any atom is -0.484 e. The Balaban J connectivity index is 2.50. The first kappa shape index (κ1) is 15.5. The normalized spacial score (nSPS) is 16.4. The number of hydrogen-bond acceptors (Lipinski definition) is 3. The molecule has 4 nitrogen and oxygen atoms in total. The second-order valence-electron chi connectivity index (χ2n) is 6.40. The molecule has 4 heteroatoms. The Labute approximate surface area is 126 Å². The van der Waals surface area contributed by atoms with Crippen molar-refractivity contribution in [2.75, 3.05) is 11.4 Å². The summed E-state index contributed by atoms with van der Waals surface area (Å²) >= 11 is 0. The molecule has 2 rings (SSSR count). The second kappa shape index (κ2) is 5.51. The Kier molecular flexibility index (Phi) is 4.08. The molecule has 1 aromatic rings. The molecule has 0 unspecified atom stereocenters. The van der Waals surface area contributed by atoms with E-state index in [1.54, 1.807) is 23.1 Å². The second-order valence-corrected chi connectivity index (χ2v) is 6.40. The molecule has 0 saturated heterocycles. The molecule has 0 spiro atoms. The van der Waals surface area contributed by atoms with Crippen LogP contribution in [-0.2, 0) is 4.79 Å². The van der Waals surface area contributed by atoms with Crippen molar-refractivity contribution >= 4 is 17.4 Å². The van der Waals surface area contributed by atoms with Crippen LogP contribution in [-0.4, -0.2) is 23.8 Å². The summed E-state index contributed by atoms with van der Waals surface area (Å²) in [7, 11) is 0. The number of ketones is 1. The molecule has 0 radical (unpaired) electrons. The maximum atomic E-state index is 12.5. The van der Waals surface area contributed by atoms with Gasteiger partial charge in [0.15, 0.2) is 5.78 Å². The van der Waals surface area contributed by atoms with Crippen LogP contribution in [0.1, 0.15) is 51.4 Å². The number of hydrogen-bond donors (Lipinski definition) is 0. The zero-order chi connectivity index (χ0) is 15.8. The van der Waals surface area contributed by atoms with E-state index in [0.29, 0.717) is 30.0 Å². The Morgan fingerprint density at radius 3 is 2.57 bits per heavy atom. The fraction of sp³-hybridized carbons (Fsp3) is 0.529. The van der Waals surface area contributed by atoms with Gasteiger partial charge >= 0.3 is 0 Å². The van der Waals surface area contributed by atoms with Gasteiger partial charge < -0.3 is 9.64 Å². The Bertz CT molecular complexity index is 575. The fourth-order valence-corrected chi connectivity index (χ4v) is 2.50. The van der Waals surface area contributed by atoms with Crippen molar-refractivity contribution in [1.82, 2.24) is 0 Å². The number of Topliss-reactive ketones (excluding diaryl/α,β-unsaturated/α-hetero) is 1. The van der Waals surface area contributed by atoms with E-state index in [1.807, 2.05) is 34.6 Å². The molecule has 1 aliphatic rings. The zero-order valence-corrected chi connectivity index (χ0v) is 13.4. The molecule has 0 N–H and O–H groups in total. The molecule has 0 atom stereocenters. The van der Waals surface area contributed by atoms with Crippen LogP contribution < -0.4 is 9.64 Å². The average Bonchev–Trinajstić information content (AvgIpc) is 2.43. The Hall–Kier alpha value is -1.84. The van der Waals surface area contributed by atoms with Crippen LogP contribution in [0.3, 0.4) is 0 Å². The summed E-state index contributed by atoms with van der Waals surface area (Å²) in [5, 5.41) is 0. The van der Waals surface area contributed by atoms with Gasteiger partial charge in [0, 0.05) is 17.9 Å². The van der Waals surface area contributed by atoms with E-state index in [1.165, 1.54) is 0 Å². The van der Waals surface area contributed by atoms with Crippen molar-refractivity contribution in [3.05, 3.63) is 23.8 Å². The average molecular weight is 289 g/mol. The van der Waals surface area contributed by atoms with Gasteiger partial charge in [0.2, 0.25) is 5.91 Å². The van der Waals surface area contributed by atoms with Crippen LogP contribution in [0, 0.1) is 5.92 Å². The van der Waals surface area contributed by atoms with Gasteiger partial charge in [0.25, 0.3) is 0 Å². The standard InChI is InChI=1S/C17H23NO3/c1-6-14(19)12-7-8-15-13(9-12)18(16(20)11(2)3)10-17(4,5)21-15/h7-9,11H,6,10H2,1-5H3. The minimum absolute atomic E-state index is 0.0497. The first-order chi connectivity index (χ1) is 9.75. The third-order valence-electron chi connectivity index (χ3n) is 3.58. The first-order valence-electron chi connectivity index (χ1n) is 7.43. The number of nitrogens with zero attached hydrogens (tertiary/aromatic N) is 1. The third-order valence-corrected chi connectivity index (χ3v) is 3.58. The third kappa shape index (κ3) is 3.09. The van der Waals surface area contributed by atoms with Crippen molar-refractivity contribution in [2.45, 2.75) is 46.6 Å². The molecule has 21 heavy (non-hydrogen) atoms. The highest BCUT2D eigenvalue weighted by atomic mass is 16.5. The van der Waals surface area contributed by atoms with Gasteiger partial charge in [-0.15, -0.1) is 0 Å². The summed E-state index contributed by atoms with van der Waals surface area (Å²) in [5.74, 6) is 0.679. The number of ether oxygens (including phenoxy) is 1. The molecule has 1 heterocycles. The van der Waals surface area contributed by atoms with E-state index >= 15 is 0 Å². The summed E-state index contributed by atoms with van der Waals surface area (Å²) in [6.07, 6.45) is 0.448. The number of amides is 1. The largest absolute Gasteiger partial charge is 0.484 e. The van der Waals surface area contributed by atoms with Gasteiger partial charge in [0.05, 0.1) is 12.2 Å². The van der Waals surface area contributed by atoms with Gasteiger partial charge in [0.1, 0.15) is 11.4 Å². The molecular formula is C17H23NO3. The van der Waals surface area contributed by atoms with Crippen LogP contribution in [0.4, 0.5) is 5.69 Å². The van der Waals surface area contributed by atoms with Gasteiger partial charge in [-0.05, 0) is 32.0 Å². The molecule has 0 fully saturated rings. The van der Waals surface area contributed by atoms with E-state index in [2.05, 4.69) is 0 Å². The van der Waals surface area contributed by atoms with E-state index in [-0.39, 0.29) is 17.6 Å². The zero-order valence-electron chi connectivity index (χ0n) is 13.4. The van der Waals surface area contributed by atoms with Crippen LogP contribution in [0.25, 0.3) is 0 Å². The number of fused-ring (bicyclic) bond motifs is 1. The predicted molar refractivity (Wildman–Crippen MR) is 83.0 cm³/mol. The molecule has 0 saturated carbocycles. The summed E-state index contributed by atoms with van der Waals surface area (Å²) in [6, 6.07) is 5.33. The highest BCUT2D eigenvalue weighted by molar-refractivity contribution is 6.01. The highest BCUT2D eigenvalue weighted by Gasteiger charge is 2.35.